The highest BCUT2D eigenvalue weighted by Gasteiger charge is 2.35. The Morgan fingerprint density at radius 2 is 1.92 bits per heavy atom. The summed E-state index contributed by atoms with van der Waals surface area (Å²) in [5, 5.41) is 0.631. The molecule has 0 saturated carbocycles. The molecule has 4 rings (SSSR count). The van der Waals surface area contributed by atoms with Crippen molar-refractivity contribution in [2.45, 2.75) is 25.8 Å². The normalized spacial score (nSPS) is 20.2. The fraction of sp³-hybridized carbons (Fsp3) is 0.350. The van der Waals surface area contributed by atoms with Gasteiger partial charge < -0.3 is 14.4 Å². The topological polar surface area (TPSA) is 38.8 Å². The minimum absolute atomic E-state index is 0.0379. The van der Waals surface area contributed by atoms with Crippen molar-refractivity contribution in [1.29, 1.82) is 0 Å². The van der Waals surface area contributed by atoms with E-state index in [-0.39, 0.29) is 24.7 Å². The summed E-state index contributed by atoms with van der Waals surface area (Å²) in [6.45, 7) is 3.09. The van der Waals surface area contributed by atoms with Crippen LogP contribution in [0.4, 0.5) is 0 Å². The van der Waals surface area contributed by atoms with Crippen LogP contribution in [0.5, 0.6) is 11.5 Å². The van der Waals surface area contributed by atoms with Gasteiger partial charge in [-0.1, -0.05) is 41.9 Å². The summed E-state index contributed by atoms with van der Waals surface area (Å²) in [4.78, 5) is 14.9. The van der Waals surface area contributed by atoms with Gasteiger partial charge >= 0.3 is 0 Å². The summed E-state index contributed by atoms with van der Waals surface area (Å²) in [6.07, 6.45) is 1.48. The lowest BCUT2D eigenvalue weighted by Crippen LogP contribution is -2.30. The zero-order valence-corrected chi connectivity index (χ0v) is 14.8. The Morgan fingerprint density at radius 1 is 1.20 bits per heavy atom. The molecule has 2 aromatic carbocycles. The van der Waals surface area contributed by atoms with Gasteiger partial charge in [-0.15, -0.1) is 0 Å². The van der Waals surface area contributed by atoms with Crippen molar-refractivity contribution in [3.05, 3.63) is 58.6 Å². The predicted octanol–water partition coefficient (Wildman–Crippen LogP) is 4.22. The summed E-state index contributed by atoms with van der Waals surface area (Å²) in [6, 6.07) is 13.9. The SMILES string of the molecule is CC(c1ccccc1)N1CCC(Cc2cc3c(cc2Cl)OCO3)C1=O. The Morgan fingerprint density at radius 3 is 2.68 bits per heavy atom. The molecule has 0 N–H and O–H groups in total. The first-order valence-electron chi connectivity index (χ1n) is 8.57. The highest BCUT2D eigenvalue weighted by molar-refractivity contribution is 6.31. The molecule has 1 fully saturated rings. The molecular weight excluding hydrogens is 338 g/mol. The largest absolute Gasteiger partial charge is 0.454 e. The summed E-state index contributed by atoms with van der Waals surface area (Å²) in [5.74, 6) is 1.54. The van der Waals surface area contributed by atoms with E-state index in [4.69, 9.17) is 21.1 Å². The molecule has 130 valence electrons. The van der Waals surface area contributed by atoms with E-state index in [1.54, 1.807) is 6.07 Å². The number of carbonyl (C=O) groups is 1. The molecule has 2 atom stereocenters. The standard InChI is InChI=1S/C20H20ClNO3/c1-13(14-5-3-2-4-6-14)22-8-7-15(20(22)23)9-16-10-18-19(11-17(16)21)25-12-24-18/h2-6,10-11,13,15H,7-9,12H2,1H3. The lowest BCUT2D eigenvalue weighted by Gasteiger charge is -2.25. The number of likely N-dealkylation sites (tertiary alicyclic amines) is 1. The summed E-state index contributed by atoms with van der Waals surface area (Å²) < 4.78 is 10.8. The van der Waals surface area contributed by atoms with Gasteiger partial charge in [0.25, 0.3) is 0 Å². The van der Waals surface area contributed by atoms with Crippen molar-refractivity contribution in [2.75, 3.05) is 13.3 Å². The Bertz CT molecular complexity index is 793. The Hall–Kier alpha value is -2.20. The van der Waals surface area contributed by atoms with Gasteiger partial charge in [0.2, 0.25) is 12.7 Å². The van der Waals surface area contributed by atoms with Crippen LogP contribution in [-0.4, -0.2) is 24.1 Å². The van der Waals surface area contributed by atoms with Crippen LogP contribution >= 0.6 is 11.6 Å². The number of rotatable bonds is 4. The third-order valence-corrected chi connectivity index (χ3v) is 5.46. The number of amides is 1. The quantitative estimate of drug-likeness (QED) is 0.822. The Balaban J connectivity index is 1.49. The van der Waals surface area contributed by atoms with E-state index in [1.165, 1.54) is 0 Å². The number of hydrogen-bond acceptors (Lipinski definition) is 3. The summed E-state index contributed by atoms with van der Waals surface area (Å²) >= 11 is 6.37. The van der Waals surface area contributed by atoms with E-state index in [2.05, 4.69) is 19.1 Å². The van der Waals surface area contributed by atoms with Crippen molar-refractivity contribution in [3.8, 4) is 11.5 Å². The first kappa shape index (κ1) is 16.3. The maximum absolute atomic E-state index is 12.9. The molecule has 2 aromatic rings. The number of carbonyl (C=O) groups excluding carboxylic acids is 1. The molecule has 2 aliphatic heterocycles. The molecular formula is C20H20ClNO3. The number of benzene rings is 2. The van der Waals surface area contributed by atoms with E-state index in [9.17, 15) is 4.79 Å². The van der Waals surface area contributed by atoms with Gasteiger partial charge in [0.15, 0.2) is 11.5 Å². The van der Waals surface area contributed by atoms with Gasteiger partial charge in [-0.25, -0.2) is 0 Å². The minimum atomic E-state index is -0.0379. The molecule has 25 heavy (non-hydrogen) atoms. The maximum Gasteiger partial charge on any atom is 0.231 e. The van der Waals surface area contributed by atoms with Crippen molar-refractivity contribution in [3.63, 3.8) is 0 Å². The molecule has 0 spiro atoms. The van der Waals surface area contributed by atoms with E-state index in [0.717, 1.165) is 24.1 Å². The van der Waals surface area contributed by atoms with E-state index >= 15 is 0 Å². The second kappa shape index (κ2) is 6.60. The van der Waals surface area contributed by atoms with Gasteiger partial charge in [0, 0.05) is 23.6 Å². The number of halogens is 1. The number of fused-ring (bicyclic) bond motifs is 1. The van der Waals surface area contributed by atoms with Gasteiger partial charge in [-0.05, 0) is 37.0 Å². The lowest BCUT2D eigenvalue weighted by molar-refractivity contribution is -0.132. The predicted molar refractivity (Wildman–Crippen MR) is 96.0 cm³/mol. The van der Waals surface area contributed by atoms with Crippen LogP contribution in [0.1, 0.15) is 30.5 Å². The molecule has 2 heterocycles. The van der Waals surface area contributed by atoms with Crippen LogP contribution in [0.15, 0.2) is 42.5 Å². The van der Waals surface area contributed by atoms with Crippen LogP contribution in [0.2, 0.25) is 5.02 Å². The van der Waals surface area contributed by atoms with Crippen molar-refractivity contribution in [1.82, 2.24) is 4.90 Å². The lowest BCUT2D eigenvalue weighted by atomic mass is 9.97. The summed E-state index contributed by atoms with van der Waals surface area (Å²) in [5.41, 5.74) is 2.11. The van der Waals surface area contributed by atoms with Crippen LogP contribution < -0.4 is 9.47 Å². The molecule has 0 aliphatic carbocycles. The fourth-order valence-electron chi connectivity index (χ4n) is 3.63. The Kier molecular flexibility index (Phi) is 4.30. The van der Waals surface area contributed by atoms with Gasteiger partial charge in [-0.2, -0.15) is 0 Å². The zero-order chi connectivity index (χ0) is 17.4. The molecule has 0 radical (unpaired) electrons. The molecule has 5 heteroatoms. The van der Waals surface area contributed by atoms with Gasteiger partial charge in [0.1, 0.15) is 0 Å². The van der Waals surface area contributed by atoms with Crippen LogP contribution in [0.25, 0.3) is 0 Å². The van der Waals surface area contributed by atoms with Crippen LogP contribution in [-0.2, 0) is 11.2 Å². The average Bonchev–Trinajstić information content (AvgIpc) is 3.22. The second-order valence-electron chi connectivity index (χ2n) is 6.60. The summed E-state index contributed by atoms with van der Waals surface area (Å²) in [7, 11) is 0. The monoisotopic (exact) mass is 357 g/mol. The number of hydrogen-bond donors (Lipinski definition) is 0. The highest BCUT2D eigenvalue weighted by Crippen LogP contribution is 2.39. The fourth-order valence-corrected chi connectivity index (χ4v) is 3.86. The average molecular weight is 358 g/mol. The first-order valence-corrected chi connectivity index (χ1v) is 8.94. The molecule has 4 nitrogen and oxygen atoms in total. The highest BCUT2D eigenvalue weighted by atomic mass is 35.5. The maximum atomic E-state index is 12.9. The molecule has 1 amide bonds. The smallest absolute Gasteiger partial charge is 0.231 e. The van der Waals surface area contributed by atoms with Crippen molar-refractivity contribution >= 4 is 17.5 Å². The van der Waals surface area contributed by atoms with Crippen LogP contribution in [0, 0.1) is 5.92 Å². The molecule has 2 aliphatic rings. The Labute approximate surface area is 152 Å². The molecule has 1 saturated heterocycles. The molecule has 0 bridgehead atoms. The second-order valence-corrected chi connectivity index (χ2v) is 7.01. The third kappa shape index (κ3) is 3.07. The van der Waals surface area contributed by atoms with Crippen molar-refractivity contribution < 1.29 is 14.3 Å². The van der Waals surface area contributed by atoms with Crippen molar-refractivity contribution in [2.24, 2.45) is 5.92 Å². The molecule has 2 unspecified atom stereocenters. The van der Waals surface area contributed by atoms with E-state index in [0.29, 0.717) is 22.9 Å². The zero-order valence-electron chi connectivity index (χ0n) is 14.1. The third-order valence-electron chi connectivity index (χ3n) is 5.11. The number of nitrogens with zero attached hydrogens (tertiary/aromatic N) is 1. The molecule has 0 aromatic heterocycles. The van der Waals surface area contributed by atoms with E-state index in [1.807, 2.05) is 29.2 Å². The van der Waals surface area contributed by atoms with Gasteiger partial charge in [0.05, 0.1) is 6.04 Å². The van der Waals surface area contributed by atoms with E-state index < -0.39 is 0 Å². The minimum Gasteiger partial charge on any atom is -0.454 e. The number of ether oxygens (including phenoxy) is 2. The van der Waals surface area contributed by atoms with Crippen LogP contribution in [0.3, 0.4) is 0 Å². The first-order chi connectivity index (χ1) is 12.1. The van der Waals surface area contributed by atoms with Gasteiger partial charge in [-0.3, -0.25) is 4.79 Å².